The van der Waals surface area contributed by atoms with Crippen LogP contribution in [0.15, 0.2) is 53.7 Å². The van der Waals surface area contributed by atoms with Gasteiger partial charge in [-0.15, -0.1) is 0 Å². The van der Waals surface area contributed by atoms with Crippen LogP contribution in [0.2, 0.25) is 5.02 Å². The molecule has 0 aromatic heterocycles. The molecule has 0 unspecified atom stereocenters. The van der Waals surface area contributed by atoms with E-state index in [0.29, 0.717) is 6.61 Å². The molecule has 119 valence electrons. The van der Waals surface area contributed by atoms with Crippen LogP contribution in [0, 0.1) is 0 Å². The number of halogens is 1. The maximum absolute atomic E-state index is 5.85. The molecule has 3 heteroatoms. The minimum Gasteiger partial charge on any atom is -0.390 e. The van der Waals surface area contributed by atoms with Crippen LogP contribution in [0.1, 0.15) is 54.7 Å². The monoisotopic (exact) mass is 326 g/mol. The van der Waals surface area contributed by atoms with Gasteiger partial charge in [-0.1, -0.05) is 72.4 Å². The summed E-state index contributed by atoms with van der Waals surface area (Å²) in [6.07, 6.45) is 9.68. The number of hydrogen-bond acceptors (Lipinski definition) is 2. The zero-order chi connectivity index (χ0) is 15.9. The highest BCUT2D eigenvalue weighted by atomic mass is 35.5. The standard InChI is InChI=1S/C20H21ClNO/c21-20-12-8-17(9-13-20)15-23-22-14-16-6-10-19(11-7-16)18-4-2-1-3-5-18/h6-13,18H,1-5,15H2. The normalized spacial score (nSPS) is 15.9. The first-order chi connectivity index (χ1) is 11.3. The van der Waals surface area contributed by atoms with Gasteiger partial charge in [0.15, 0.2) is 0 Å². The summed E-state index contributed by atoms with van der Waals surface area (Å²) in [6, 6.07) is 16.1. The molecule has 0 heterocycles. The first-order valence-electron chi connectivity index (χ1n) is 8.24. The molecule has 2 aromatic rings. The van der Waals surface area contributed by atoms with Crippen molar-refractivity contribution in [1.29, 1.82) is 0 Å². The molecule has 1 aliphatic carbocycles. The van der Waals surface area contributed by atoms with Crippen molar-refractivity contribution in [3.05, 3.63) is 70.2 Å². The number of rotatable bonds is 5. The molecule has 2 nitrogen and oxygen atoms in total. The lowest BCUT2D eigenvalue weighted by molar-refractivity contribution is 0.132. The molecular weight excluding hydrogens is 306 g/mol. The number of hydrogen-bond donors (Lipinski definition) is 0. The van der Waals surface area contributed by atoms with Gasteiger partial charge in [0.1, 0.15) is 12.8 Å². The van der Waals surface area contributed by atoms with Crippen LogP contribution in [0.5, 0.6) is 0 Å². The van der Waals surface area contributed by atoms with Gasteiger partial charge in [0.2, 0.25) is 0 Å². The van der Waals surface area contributed by atoms with Gasteiger partial charge in [0, 0.05) is 10.6 Å². The van der Waals surface area contributed by atoms with Gasteiger partial charge < -0.3 is 4.84 Å². The Morgan fingerprint density at radius 1 is 0.957 bits per heavy atom. The summed E-state index contributed by atoms with van der Waals surface area (Å²) < 4.78 is 0. The zero-order valence-corrected chi connectivity index (χ0v) is 13.9. The average molecular weight is 327 g/mol. The van der Waals surface area contributed by atoms with Crippen molar-refractivity contribution in [2.75, 3.05) is 0 Å². The molecule has 0 atom stereocenters. The molecule has 1 fully saturated rings. The smallest absolute Gasteiger partial charge is 0.142 e. The van der Waals surface area contributed by atoms with Gasteiger partial charge in [-0.05, 0) is 42.0 Å². The highest BCUT2D eigenvalue weighted by Gasteiger charge is 2.14. The lowest BCUT2D eigenvalue weighted by atomic mass is 9.84. The minimum absolute atomic E-state index is 0.421. The van der Waals surface area contributed by atoms with Gasteiger partial charge in [0.25, 0.3) is 0 Å². The summed E-state index contributed by atoms with van der Waals surface area (Å²) in [4.78, 5) is 5.28. The predicted octanol–water partition coefficient (Wildman–Crippen LogP) is 5.82. The Hall–Kier alpha value is -1.80. The van der Waals surface area contributed by atoms with Gasteiger partial charge in [-0.3, -0.25) is 0 Å². The maximum Gasteiger partial charge on any atom is 0.142 e. The van der Waals surface area contributed by atoms with Gasteiger partial charge >= 0.3 is 0 Å². The minimum atomic E-state index is 0.421. The van der Waals surface area contributed by atoms with Crippen LogP contribution < -0.4 is 0 Å². The van der Waals surface area contributed by atoms with E-state index in [0.717, 1.165) is 22.1 Å². The SMILES string of the molecule is Clc1ccc(CO/N=[C]\c2ccc(C3CCCCC3)cc2)cc1. The van der Waals surface area contributed by atoms with Crippen LogP contribution in [-0.4, -0.2) is 6.21 Å². The predicted molar refractivity (Wildman–Crippen MR) is 95.0 cm³/mol. The summed E-state index contributed by atoms with van der Waals surface area (Å²) in [6.45, 7) is 0.421. The fourth-order valence-electron chi connectivity index (χ4n) is 3.04. The highest BCUT2D eigenvalue weighted by molar-refractivity contribution is 6.30. The van der Waals surface area contributed by atoms with Crippen LogP contribution >= 0.6 is 11.6 Å². The molecule has 2 aromatic carbocycles. The summed E-state index contributed by atoms with van der Waals surface area (Å²) >= 11 is 5.85. The second-order valence-electron chi connectivity index (χ2n) is 6.06. The van der Waals surface area contributed by atoms with Crippen LogP contribution in [-0.2, 0) is 11.4 Å². The average Bonchev–Trinajstić information content (AvgIpc) is 2.62. The topological polar surface area (TPSA) is 21.6 Å². The molecule has 0 amide bonds. The Balaban J connectivity index is 1.50. The fraction of sp³-hybridized carbons (Fsp3) is 0.350. The molecule has 0 spiro atoms. The van der Waals surface area contributed by atoms with Crippen LogP contribution in [0.4, 0.5) is 0 Å². The van der Waals surface area contributed by atoms with Crippen molar-refractivity contribution < 1.29 is 4.84 Å². The first kappa shape index (κ1) is 16.1. The lowest BCUT2D eigenvalue weighted by Gasteiger charge is -2.21. The lowest BCUT2D eigenvalue weighted by Crippen LogP contribution is -2.04. The second kappa shape index (κ2) is 8.16. The number of nitrogens with zero attached hydrogens (tertiary/aromatic N) is 1. The summed E-state index contributed by atoms with van der Waals surface area (Å²) in [5.74, 6) is 0.732. The molecular formula is C20H21ClNO. The van der Waals surface area contributed by atoms with Gasteiger partial charge in [-0.25, -0.2) is 0 Å². The molecule has 0 bridgehead atoms. The third kappa shape index (κ3) is 4.84. The molecule has 1 radical (unpaired) electrons. The summed E-state index contributed by atoms with van der Waals surface area (Å²) in [7, 11) is 0. The Labute approximate surface area is 143 Å². The molecule has 23 heavy (non-hydrogen) atoms. The van der Waals surface area contributed by atoms with E-state index < -0.39 is 0 Å². The molecule has 3 rings (SSSR count). The third-order valence-electron chi connectivity index (χ3n) is 4.37. The van der Waals surface area contributed by atoms with Crippen molar-refractivity contribution in [2.24, 2.45) is 5.16 Å². The van der Waals surface area contributed by atoms with Crippen molar-refractivity contribution in [2.45, 2.75) is 44.6 Å². The Morgan fingerprint density at radius 3 is 2.35 bits per heavy atom. The number of benzene rings is 2. The molecule has 0 aliphatic heterocycles. The van der Waals surface area contributed by atoms with Crippen molar-refractivity contribution >= 4 is 17.8 Å². The maximum atomic E-state index is 5.85. The third-order valence-corrected chi connectivity index (χ3v) is 4.62. The summed E-state index contributed by atoms with van der Waals surface area (Å²) in [5.41, 5.74) is 3.42. The fourth-order valence-corrected chi connectivity index (χ4v) is 3.16. The highest BCUT2D eigenvalue weighted by Crippen LogP contribution is 2.32. The van der Waals surface area contributed by atoms with Crippen molar-refractivity contribution in [1.82, 2.24) is 0 Å². The van der Waals surface area contributed by atoms with E-state index in [-0.39, 0.29) is 0 Å². The second-order valence-corrected chi connectivity index (χ2v) is 6.50. The summed E-state index contributed by atoms with van der Waals surface area (Å²) in [5, 5.41) is 4.64. The van der Waals surface area contributed by atoms with E-state index in [4.69, 9.17) is 16.4 Å². The molecule has 0 saturated heterocycles. The van der Waals surface area contributed by atoms with Crippen molar-refractivity contribution in [3.8, 4) is 0 Å². The zero-order valence-electron chi connectivity index (χ0n) is 13.2. The van der Waals surface area contributed by atoms with Gasteiger partial charge in [-0.2, -0.15) is 0 Å². The van der Waals surface area contributed by atoms with Crippen molar-refractivity contribution in [3.63, 3.8) is 0 Å². The van der Waals surface area contributed by atoms with E-state index in [1.165, 1.54) is 37.7 Å². The van der Waals surface area contributed by atoms with E-state index in [1.807, 2.05) is 24.3 Å². The van der Waals surface area contributed by atoms with E-state index in [1.54, 1.807) is 0 Å². The van der Waals surface area contributed by atoms with Crippen LogP contribution in [0.25, 0.3) is 0 Å². The van der Waals surface area contributed by atoms with Crippen LogP contribution in [0.3, 0.4) is 0 Å². The first-order valence-corrected chi connectivity index (χ1v) is 8.61. The Morgan fingerprint density at radius 2 is 1.65 bits per heavy atom. The van der Waals surface area contributed by atoms with Gasteiger partial charge in [0.05, 0.1) is 0 Å². The molecule has 1 saturated carbocycles. The molecule has 1 aliphatic rings. The van der Waals surface area contributed by atoms with E-state index >= 15 is 0 Å². The van der Waals surface area contributed by atoms with E-state index in [2.05, 4.69) is 35.6 Å². The van der Waals surface area contributed by atoms with E-state index in [9.17, 15) is 0 Å². The Bertz CT molecular complexity index is 628. The molecule has 0 N–H and O–H groups in total. The quantitative estimate of drug-likeness (QED) is 0.501. The Kier molecular flexibility index (Phi) is 5.71. The largest absolute Gasteiger partial charge is 0.390 e.